The fourth-order valence-corrected chi connectivity index (χ4v) is 2.69. The van der Waals surface area contributed by atoms with Gasteiger partial charge in [0, 0.05) is 24.8 Å². The van der Waals surface area contributed by atoms with Crippen LogP contribution in [-0.4, -0.2) is 11.5 Å². The average molecular weight is 279 g/mol. The highest BCUT2D eigenvalue weighted by Crippen LogP contribution is 2.28. The van der Waals surface area contributed by atoms with Crippen LogP contribution < -0.4 is 4.90 Å². The lowest BCUT2D eigenvalue weighted by Crippen LogP contribution is -2.30. The van der Waals surface area contributed by atoms with Crippen LogP contribution in [0.25, 0.3) is 0 Å². The Morgan fingerprint density at radius 3 is 2.67 bits per heavy atom. The molecule has 0 spiro atoms. The van der Waals surface area contributed by atoms with Gasteiger partial charge in [-0.2, -0.15) is 5.26 Å². The SMILES string of the molecule is N#Cc1cc(N2CCc3ccccc3C2)ccc1[N+](=O)[O-]. The maximum atomic E-state index is 10.9. The van der Waals surface area contributed by atoms with Crippen LogP contribution in [0.1, 0.15) is 16.7 Å². The van der Waals surface area contributed by atoms with Crippen LogP contribution in [0.15, 0.2) is 42.5 Å². The molecule has 3 rings (SSSR count). The quantitative estimate of drug-likeness (QED) is 0.625. The van der Waals surface area contributed by atoms with Crippen LogP contribution >= 0.6 is 0 Å². The Balaban J connectivity index is 1.93. The second-order valence-electron chi connectivity index (χ2n) is 5.01. The number of hydrogen-bond donors (Lipinski definition) is 0. The predicted octanol–water partition coefficient (Wildman–Crippen LogP) is 3.03. The van der Waals surface area contributed by atoms with Crippen LogP contribution in [0.5, 0.6) is 0 Å². The Morgan fingerprint density at radius 1 is 1.19 bits per heavy atom. The molecule has 0 unspecified atom stereocenters. The Morgan fingerprint density at radius 2 is 1.95 bits per heavy atom. The highest BCUT2D eigenvalue weighted by molar-refractivity contribution is 5.60. The molecule has 2 aromatic carbocycles. The van der Waals surface area contributed by atoms with Crippen molar-refractivity contribution in [3.05, 3.63) is 69.3 Å². The van der Waals surface area contributed by atoms with Crippen molar-refractivity contribution in [1.82, 2.24) is 0 Å². The molecule has 5 heteroatoms. The number of fused-ring (bicyclic) bond motifs is 1. The van der Waals surface area contributed by atoms with Gasteiger partial charge in [0.15, 0.2) is 0 Å². The van der Waals surface area contributed by atoms with E-state index >= 15 is 0 Å². The molecule has 0 atom stereocenters. The molecule has 1 heterocycles. The molecule has 0 fully saturated rings. The third-order valence-electron chi connectivity index (χ3n) is 3.79. The second kappa shape index (κ2) is 5.25. The molecule has 0 aromatic heterocycles. The molecule has 5 nitrogen and oxygen atoms in total. The first-order valence-corrected chi connectivity index (χ1v) is 6.69. The van der Waals surface area contributed by atoms with E-state index in [1.807, 2.05) is 18.2 Å². The Bertz CT molecular complexity index is 749. The highest BCUT2D eigenvalue weighted by atomic mass is 16.6. The molecule has 1 aliphatic heterocycles. The molecule has 0 saturated heterocycles. The molecular weight excluding hydrogens is 266 g/mol. The molecule has 0 amide bonds. The molecular formula is C16H13N3O2. The second-order valence-corrected chi connectivity index (χ2v) is 5.01. The lowest BCUT2D eigenvalue weighted by molar-refractivity contribution is -0.385. The van der Waals surface area contributed by atoms with Gasteiger partial charge in [-0.25, -0.2) is 0 Å². The van der Waals surface area contributed by atoms with Gasteiger partial charge in [0.2, 0.25) is 0 Å². The van der Waals surface area contributed by atoms with E-state index in [-0.39, 0.29) is 11.3 Å². The number of anilines is 1. The standard InChI is InChI=1S/C16H13N3O2/c17-10-14-9-15(5-6-16(14)19(20)21)18-8-7-12-3-1-2-4-13(12)11-18/h1-6,9H,7-8,11H2. The molecule has 0 N–H and O–H groups in total. The summed E-state index contributed by atoms with van der Waals surface area (Å²) >= 11 is 0. The van der Waals surface area contributed by atoms with Crippen molar-refractivity contribution in [2.24, 2.45) is 0 Å². The number of nitriles is 1. The summed E-state index contributed by atoms with van der Waals surface area (Å²) in [4.78, 5) is 12.5. The van der Waals surface area contributed by atoms with E-state index < -0.39 is 4.92 Å². The van der Waals surface area contributed by atoms with E-state index in [0.717, 1.165) is 25.2 Å². The van der Waals surface area contributed by atoms with Crippen molar-refractivity contribution in [1.29, 1.82) is 5.26 Å². The molecule has 2 aromatic rings. The zero-order valence-corrected chi connectivity index (χ0v) is 11.3. The fourth-order valence-electron chi connectivity index (χ4n) is 2.69. The maximum Gasteiger partial charge on any atom is 0.287 e. The van der Waals surface area contributed by atoms with Crippen molar-refractivity contribution < 1.29 is 4.92 Å². The molecule has 0 radical (unpaired) electrons. The number of hydrogen-bond acceptors (Lipinski definition) is 4. The molecule has 1 aliphatic rings. The zero-order chi connectivity index (χ0) is 14.8. The third kappa shape index (κ3) is 2.43. The van der Waals surface area contributed by atoms with Gasteiger partial charge in [0.25, 0.3) is 5.69 Å². The number of benzene rings is 2. The van der Waals surface area contributed by atoms with Crippen LogP contribution in [0.2, 0.25) is 0 Å². The van der Waals surface area contributed by atoms with Crippen LogP contribution in [0.3, 0.4) is 0 Å². The van der Waals surface area contributed by atoms with Gasteiger partial charge in [-0.05, 0) is 29.7 Å². The van der Waals surface area contributed by atoms with Gasteiger partial charge < -0.3 is 4.90 Å². The van der Waals surface area contributed by atoms with E-state index in [1.54, 1.807) is 12.1 Å². The van der Waals surface area contributed by atoms with Crippen molar-refractivity contribution in [2.45, 2.75) is 13.0 Å². The summed E-state index contributed by atoms with van der Waals surface area (Å²) in [6, 6.07) is 14.9. The third-order valence-corrected chi connectivity index (χ3v) is 3.79. The van der Waals surface area contributed by atoms with Gasteiger partial charge in [-0.1, -0.05) is 24.3 Å². The van der Waals surface area contributed by atoms with E-state index in [0.29, 0.717) is 0 Å². The summed E-state index contributed by atoms with van der Waals surface area (Å²) in [6.45, 7) is 1.61. The van der Waals surface area contributed by atoms with Gasteiger partial charge in [0.05, 0.1) is 4.92 Å². The number of nitrogens with zero attached hydrogens (tertiary/aromatic N) is 3. The highest BCUT2D eigenvalue weighted by Gasteiger charge is 2.19. The summed E-state index contributed by atoms with van der Waals surface area (Å²) < 4.78 is 0. The number of nitro groups is 1. The first-order chi connectivity index (χ1) is 10.2. The van der Waals surface area contributed by atoms with E-state index in [1.165, 1.54) is 17.2 Å². The summed E-state index contributed by atoms with van der Waals surface area (Å²) in [6.07, 6.45) is 0.940. The topological polar surface area (TPSA) is 70.2 Å². The summed E-state index contributed by atoms with van der Waals surface area (Å²) in [7, 11) is 0. The van der Waals surface area contributed by atoms with Gasteiger partial charge >= 0.3 is 0 Å². The van der Waals surface area contributed by atoms with Gasteiger partial charge in [-0.3, -0.25) is 10.1 Å². The van der Waals surface area contributed by atoms with Crippen LogP contribution in [-0.2, 0) is 13.0 Å². The van der Waals surface area contributed by atoms with E-state index in [2.05, 4.69) is 17.0 Å². The molecule has 104 valence electrons. The lowest BCUT2D eigenvalue weighted by Gasteiger charge is -2.30. The number of nitro benzene ring substituents is 1. The maximum absolute atomic E-state index is 10.9. The van der Waals surface area contributed by atoms with E-state index in [9.17, 15) is 10.1 Å². The molecule has 0 bridgehead atoms. The minimum atomic E-state index is -0.520. The molecule has 0 saturated carbocycles. The summed E-state index contributed by atoms with van der Waals surface area (Å²) in [5.74, 6) is 0. The Hall–Kier alpha value is -2.87. The predicted molar refractivity (Wildman–Crippen MR) is 79.0 cm³/mol. The fraction of sp³-hybridized carbons (Fsp3) is 0.188. The van der Waals surface area contributed by atoms with Crippen molar-refractivity contribution in [3.8, 4) is 6.07 Å². The Kier molecular flexibility index (Phi) is 3.28. The summed E-state index contributed by atoms with van der Waals surface area (Å²) in [5.41, 5.74) is 3.43. The van der Waals surface area contributed by atoms with Gasteiger partial charge in [-0.15, -0.1) is 0 Å². The normalized spacial score (nSPS) is 13.4. The smallest absolute Gasteiger partial charge is 0.287 e. The zero-order valence-electron chi connectivity index (χ0n) is 11.3. The first kappa shape index (κ1) is 13.1. The Labute approximate surface area is 122 Å². The molecule has 21 heavy (non-hydrogen) atoms. The number of rotatable bonds is 2. The average Bonchev–Trinajstić information content (AvgIpc) is 2.53. The monoisotopic (exact) mass is 279 g/mol. The van der Waals surface area contributed by atoms with Crippen molar-refractivity contribution in [2.75, 3.05) is 11.4 Å². The minimum Gasteiger partial charge on any atom is -0.367 e. The van der Waals surface area contributed by atoms with Gasteiger partial charge in [0.1, 0.15) is 11.6 Å². The molecule has 0 aliphatic carbocycles. The van der Waals surface area contributed by atoms with Crippen molar-refractivity contribution >= 4 is 11.4 Å². The largest absolute Gasteiger partial charge is 0.367 e. The first-order valence-electron chi connectivity index (χ1n) is 6.69. The van der Waals surface area contributed by atoms with Crippen LogP contribution in [0, 0.1) is 21.4 Å². The lowest BCUT2D eigenvalue weighted by atomic mass is 9.99. The van der Waals surface area contributed by atoms with Crippen molar-refractivity contribution in [3.63, 3.8) is 0 Å². The van der Waals surface area contributed by atoms with Crippen LogP contribution in [0.4, 0.5) is 11.4 Å². The van der Waals surface area contributed by atoms with E-state index in [4.69, 9.17) is 5.26 Å². The minimum absolute atomic E-state index is 0.108. The summed E-state index contributed by atoms with van der Waals surface area (Å²) in [5, 5.41) is 19.9.